The number of nitrogens with zero attached hydrogens (tertiary/aromatic N) is 4. The van der Waals surface area contributed by atoms with Crippen molar-refractivity contribution in [1.82, 2.24) is 15.0 Å². The second-order valence-corrected chi connectivity index (χ2v) is 5.98. The molecule has 1 aromatic rings. The molecule has 118 valence electrons. The Balaban J connectivity index is 2.17. The lowest BCUT2D eigenvalue weighted by molar-refractivity contribution is 0.378. The normalized spacial score (nSPS) is 14.3. The quantitative estimate of drug-likeness (QED) is 0.755. The predicted octanol–water partition coefficient (Wildman–Crippen LogP) is 2.72. The molecule has 0 saturated heterocycles. The van der Waals surface area contributed by atoms with E-state index in [4.69, 9.17) is 4.74 Å². The largest absolute Gasteiger partial charge is 0.467 e. The molecule has 1 N–H and O–H groups in total. The monoisotopic (exact) mass is 293 g/mol. The molecule has 0 amide bonds. The Morgan fingerprint density at radius 1 is 1.29 bits per heavy atom. The van der Waals surface area contributed by atoms with Gasteiger partial charge in [-0.1, -0.05) is 20.8 Å². The average molecular weight is 293 g/mol. The van der Waals surface area contributed by atoms with E-state index < -0.39 is 0 Å². The Hall–Kier alpha value is -1.59. The van der Waals surface area contributed by atoms with Crippen LogP contribution in [0, 0.1) is 5.92 Å². The molecule has 0 atom stereocenters. The van der Waals surface area contributed by atoms with Crippen LogP contribution in [-0.2, 0) is 0 Å². The molecule has 1 heterocycles. The molecule has 1 aromatic heterocycles. The Kier molecular flexibility index (Phi) is 5.59. The van der Waals surface area contributed by atoms with Gasteiger partial charge in [-0.2, -0.15) is 15.0 Å². The highest BCUT2D eigenvalue weighted by Gasteiger charge is 2.31. The summed E-state index contributed by atoms with van der Waals surface area (Å²) in [7, 11) is 1.60. The highest BCUT2D eigenvalue weighted by atomic mass is 16.5. The van der Waals surface area contributed by atoms with E-state index in [1.165, 1.54) is 12.8 Å². The van der Waals surface area contributed by atoms with Crippen LogP contribution in [0.25, 0.3) is 0 Å². The van der Waals surface area contributed by atoms with Crippen molar-refractivity contribution < 1.29 is 4.74 Å². The zero-order chi connectivity index (χ0) is 15.2. The maximum Gasteiger partial charge on any atom is 0.322 e. The minimum Gasteiger partial charge on any atom is -0.467 e. The average Bonchev–Trinajstić information content (AvgIpc) is 3.29. The van der Waals surface area contributed by atoms with E-state index >= 15 is 0 Å². The van der Waals surface area contributed by atoms with E-state index in [0.717, 1.165) is 31.9 Å². The van der Waals surface area contributed by atoms with Crippen molar-refractivity contribution in [3.63, 3.8) is 0 Å². The Bertz CT molecular complexity index is 448. The number of aromatic nitrogens is 3. The van der Waals surface area contributed by atoms with Crippen molar-refractivity contribution in [3.05, 3.63) is 0 Å². The fourth-order valence-electron chi connectivity index (χ4n) is 2.11. The third-order valence-corrected chi connectivity index (χ3v) is 3.51. The molecule has 0 bridgehead atoms. The molecule has 1 fully saturated rings. The molecule has 2 rings (SSSR count). The van der Waals surface area contributed by atoms with Crippen molar-refractivity contribution in [3.8, 4) is 6.01 Å². The van der Waals surface area contributed by atoms with Gasteiger partial charge in [-0.15, -0.1) is 0 Å². The lowest BCUT2D eigenvalue weighted by Gasteiger charge is -2.23. The zero-order valence-electron chi connectivity index (χ0n) is 13.6. The summed E-state index contributed by atoms with van der Waals surface area (Å²) in [5.41, 5.74) is 0. The van der Waals surface area contributed by atoms with E-state index in [1.807, 2.05) is 0 Å². The second-order valence-electron chi connectivity index (χ2n) is 5.98. The van der Waals surface area contributed by atoms with Crippen molar-refractivity contribution in [1.29, 1.82) is 0 Å². The summed E-state index contributed by atoms with van der Waals surface area (Å²) in [6, 6.07) is 0.962. The van der Waals surface area contributed by atoms with Gasteiger partial charge in [0, 0.05) is 19.1 Å². The summed E-state index contributed by atoms with van der Waals surface area (Å²) < 4.78 is 5.22. The summed E-state index contributed by atoms with van der Waals surface area (Å²) in [6.07, 6.45) is 4.62. The lowest BCUT2D eigenvalue weighted by Crippen LogP contribution is -2.30. The highest BCUT2D eigenvalue weighted by Crippen LogP contribution is 2.31. The van der Waals surface area contributed by atoms with Crippen LogP contribution in [0.4, 0.5) is 11.9 Å². The summed E-state index contributed by atoms with van der Waals surface area (Å²) in [4.78, 5) is 15.6. The van der Waals surface area contributed by atoms with Gasteiger partial charge < -0.3 is 15.0 Å². The van der Waals surface area contributed by atoms with Crippen molar-refractivity contribution in [2.24, 2.45) is 5.92 Å². The Morgan fingerprint density at radius 3 is 2.62 bits per heavy atom. The first-order valence-corrected chi connectivity index (χ1v) is 7.94. The zero-order valence-corrected chi connectivity index (χ0v) is 13.6. The van der Waals surface area contributed by atoms with Gasteiger partial charge in [0.05, 0.1) is 7.11 Å². The van der Waals surface area contributed by atoms with Gasteiger partial charge in [0.1, 0.15) is 0 Å². The van der Waals surface area contributed by atoms with Crippen LogP contribution in [0.15, 0.2) is 0 Å². The topological polar surface area (TPSA) is 63.2 Å². The Morgan fingerprint density at radius 2 is 2.05 bits per heavy atom. The smallest absolute Gasteiger partial charge is 0.322 e. The van der Waals surface area contributed by atoms with E-state index in [9.17, 15) is 0 Å². The van der Waals surface area contributed by atoms with E-state index in [0.29, 0.717) is 23.9 Å². The van der Waals surface area contributed by atoms with Crippen LogP contribution in [-0.4, -0.2) is 41.2 Å². The number of nitrogens with one attached hydrogen (secondary N) is 1. The van der Waals surface area contributed by atoms with Crippen molar-refractivity contribution >= 4 is 11.9 Å². The molecule has 0 aromatic carbocycles. The van der Waals surface area contributed by atoms with E-state index in [-0.39, 0.29) is 0 Å². The molecule has 1 aliphatic rings. The fourth-order valence-corrected chi connectivity index (χ4v) is 2.11. The molecular formula is C15H27N5O. The third-order valence-electron chi connectivity index (χ3n) is 3.51. The van der Waals surface area contributed by atoms with Crippen LogP contribution in [0.1, 0.15) is 46.5 Å². The lowest BCUT2D eigenvalue weighted by atomic mass is 10.1. The number of rotatable bonds is 9. The van der Waals surface area contributed by atoms with Gasteiger partial charge in [0.2, 0.25) is 11.9 Å². The molecule has 6 heteroatoms. The summed E-state index contributed by atoms with van der Waals surface area (Å²) in [6.45, 7) is 8.44. The first-order valence-electron chi connectivity index (χ1n) is 7.94. The van der Waals surface area contributed by atoms with Gasteiger partial charge >= 0.3 is 6.01 Å². The van der Waals surface area contributed by atoms with Gasteiger partial charge in [-0.3, -0.25) is 0 Å². The second kappa shape index (κ2) is 7.43. The SMILES string of the molecule is CCCNc1nc(OC)nc(N(CCC(C)C)C2CC2)n1. The summed E-state index contributed by atoms with van der Waals surface area (Å²) in [5.74, 6) is 2.02. The number of methoxy groups -OCH3 is 1. The molecule has 1 saturated carbocycles. The van der Waals surface area contributed by atoms with Gasteiger partial charge in [-0.05, 0) is 31.6 Å². The highest BCUT2D eigenvalue weighted by molar-refractivity contribution is 5.40. The molecule has 0 spiro atoms. The van der Waals surface area contributed by atoms with Crippen LogP contribution in [0.2, 0.25) is 0 Å². The van der Waals surface area contributed by atoms with Crippen LogP contribution < -0.4 is 15.0 Å². The van der Waals surface area contributed by atoms with Crippen LogP contribution in [0.5, 0.6) is 6.01 Å². The van der Waals surface area contributed by atoms with Gasteiger partial charge in [0.25, 0.3) is 0 Å². The van der Waals surface area contributed by atoms with Crippen molar-refractivity contribution in [2.45, 2.75) is 52.5 Å². The summed E-state index contributed by atoms with van der Waals surface area (Å²) in [5, 5.41) is 3.22. The molecule has 0 unspecified atom stereocenters. The fraction of sp³-hybridized carbons (Fsp3) is 0.800. The van der Waals surface area contributed by atoms with Crippen LogP contribution >= 0.6 is 0 Å². The first-order chi connectivity index (χ1) is 10.1. The minimum atomic E-state index is 0.383. The van der Waals surface area contributed by atoms with E-state index in [1.54, 1.807) is 7.11 Å². The number of hydrogen-bond donors (Lipinski definition) is 1. The Labute approximate surface area is 127 Å². The maximum absolute atomic E-state index is 5.22. The molecular weight excluding hydrogens is 266 g/mol. The molecule has 0 radical (unpaired) electrons. The number of anilines is 2. The van der Waals surface area contributed by atoms with E-state index in [2.05, 4.69) is 45.9 Å². The van der Waals surface area contributed by atoms with Gasteiger partial charge in [-0.25, -0.2) is 0 Å². The predicted molar refractivity (Wildman–Crippen MR) is 85.0 cm³/mol. The summed E-state index contributed by atoms with van der Waals surface area (Å²) >= 11 is 0. The minimum absolute atomic E-state index is 0.383. The van der Waals surface area contributed by atoms with Gasteiger partial charge in [0.15, 0.2) is 0 Å². The standard InChI is InChI=1S/C15H27N5O/c1-5-9-16-13-17-14(19-15(18-13)21-4)20(12-6-7-12)10-8-11(2)3/h11-12H,5-10H2,1-4H3,(H,16,17,18,19). The van der Waals surface area contributed by atoms with Crippen molar-refractivity contribution in [2.75, 3.05) is 30.4 Å². The molecule has 0 aliphatic heterocycles. The third kappa shape index (κ3) is 4.72. The maximum atomic E-state index is 5.22. The molecule has 1 aliphatic carbocycles. The molecule has 6 nitrogen and oxygen atoms in total. The van der Waals surface area contributed by atoms with Crippen LogP contribution in [0.3, 0.4) is 0 Å². The first kappa shape index (κ1) is 15.8. The molecule has 21 heavy (non-hydrogen) atoms. The number of ether oxygens (including phenoxy) is 1. The number of hydrogen-bond acceptors (Lipinski definition) is 6.